The quantitative estimate of drug-likeness (QED) is 0.783. The summed E-state index contributed by atoms with van der Waals surface area (Å²) in [5.74, 6) is -0.802. The van der Waals surface area contributed by atoms with Gasteiger partial charge in [0.05, 0.1) is 25.1 Å². The summed E-state index contributed by atoms with van der Waals surface area (Å²) in [6.07, 6.45) is 0.117. The minimum absolute atomic E-state index is 0.0957. The molecule has 90 valence electrons. The number of esters is 1. The highest BCUT2D eigenvalue weighted by Crippen LogP contribution is 2.20. The van der Waals surface area contributed by atoms with Gasteiger partial charge in [-0.1, -0.05) is 18.2 Å². The Labute approximate surface area is 99.3 Å². The topological polar surface area (TPSA) is 58.6 Å². The monoisotopic (exact) mass is 234 g/mol. The average molecular weight is 234 g/mol. The zero-order valence-corrected chi connectivity index (χ0v) is 9.55. The fourth-order valence-corrected chi connectivity index (χ4v) is 1.79. The molecule has 1 fully saturated rings. The lowest BCUT2D eigenvalue weighted by atomic mass is 10.1. The zero-order chi connectivity index (χ0) is 12.3. The van der Waals surface area contributed by atoms with Crippen LogP contribution in [0.25, 0.3) is 0 Å². The first-order valence-corrected chi connectivity index (χ1v) is 5.41. The Hall–Kier alpha value is -1.88. The van der Waals surface area contributed by atoms with E-state index in [1.807, 2.05) is 30.3 Å². The third-order valence-corrected chi connectivity index (χ3v) is 2.72. The standard InChI is InChI=1S/C12H14N2O3/c1-17-11(15)7-9-8-13-14(12(9)16)10-5-3-2-4-6-10/h2-6,9,13H,7-8H2,1H3/t9-/m0/s1. The van der Waals surface area contributed by atoms with Crippen LogP contribution in [0.15, 0.2) is 30.3 Å². The number of methoxy groups -OCH3 is 1. The number of para-hydroxylation sites is 1. The fourth-order valence-electron chi connectivity index (χ4n) is 1.79. The third-order valence-electron chi connectivity index (χ3n) is 2.72. The van der Waals surface area contributed by atoms with Crippen molar-refractivity contribution in [2.75, 3.05) is 18.7 Å². The lowest BCUT2D eigenvalue weighted by Crippen LogP contribution is -2.34. The van der Waals surface area contributed by atoms with Crippen LogP contribution in [-0.4, -0.2) is 25.5 Å². The molecule has 5 heteroatoms. The normalized spacial score (nSPS) is 19.5. The van der Waals surface area contributed by atoms with Gasteiger partial charge in [0, 0.05) is 6.54 Å². The maximum atomic E-state index is 12.0. The molecule has 1 aliphatic heterocycles. The van der Waals surface area contributed by atoms with Crippen molar-refractivity contribution in [3.05, 3.63) is 30.3 Å². The first kappa shape index (κ1) is 11.6. The molecule has 2 rings (SSSR count). The highest BCUT2D eigenvalue weighted by atomic mass is 16.5. The maximum Gasteiger partial charge on any atom is 0.306 e. The van der Waals surface area contributed by atoms with Crippen molar-refractivity contribution in [1.29, 1.82) is 0 Å². The van der Waals surface area contributed by atoms with Crippen molar-refractivity contribution in [1.82, 2.24) is 5.43 Å². The zero-order valence-electron chi connectivity index (χ0n) is 9.55. The lowest BCUT2D eigenvalue weighted by Gasteiger charge is -2.15. The summed E-state index contributed by atoms with van der Waals surface area (Å²) in [6, 6.07) is 9.28. The van der Waals surface area contributed by atoms with Gasteiger partial charge in [-0.15, -0.1) is 0 Å². The SMILES string of the molecule is COC(=O)C[C@H]1CNN(c2ccccc2)C1=O. The smallest absolute Gasteiger partial charge is 0.306 e. The van der Waals surface area contributed by atoms with Crippen molar-refractivity contribution in [2.45, 2.75) is 6.42 Å². The molecule has 1 aromatic rings. The molecule has 0 bridgehead atoms. The van der Waals surface area contributed by atoms with E-state index in [4.69, 9.17) is 0 Å². The number of hydrazine groups is 1. The number of rotatable bonds is 3. The van der Waals surface area contributed by atoms with Crippen LogP contribution in [0.2, 0.25) is 0 Å². The summed E-state index contributed by atoms with van der Waals surface area (Å²) < 4.78 is 4.56. The van der Waals surface area contributed by atoms with Gasteiger partial charge in [-0.05, 0) is 12.1 Å². The van der Waals surface area contributed by atoms with Crippen molar-refractivity contribution in [3.8, 4) is 0 Å². The number of hydrogen-bond acceptors (Lipinski definition) is 4. The van der Waals surface area contributed by atoms with Gasteiger partial charge in [-0.3, -0.25) is 9.59 Å². The Kier molecular flexibility index (Phi) is 3.39. The van der Waals surface area contributed by atoms with E-state index in [9.17, 15) is 9.59 Å². The van der Waals surface area contributed by atoms with Gasteiger partial charge in [0.25, 0.3) is 0 Å². The Balaban J connectivity index is 2.05. The number of carbonyl (C=O) groups is 2. The second-order valence-electron chi connectivity index (χ2n) is 3.85. The maximum absolute atomic E-state index is 12.0. The third kappa shape index (κ3) is 2.45. The van der Waals surface area contributed by atoms with Crippen molar-refractivity contribution < 1.29 is 14.3 Å². The molecule has 1 saturated heterocycles. The Morgan fingerprint density at radius 2 is 2.18 bits per heavy atom. The Morgan fingerprint density at radius 3 is 2.82 bits per heavy atom. The molecule has 1 N–H and O–H groups in total. The second-order valence-corrected chi connectivity index (χ2v) is 3.85. The van der Waals surface area contributed by atoms with E-state index in [0.29, 0.717) is 6.54 Å². The molecule has 0 saturated carbocycles. The van der Waals surface area contributed by atoms with E-state index >= 15 is 0 Å². The van der Waals surface area contributed by atoms with Crippen molar-refractivity contribution in [3.63, 3.8) is 0 Å². The summed E-state index contributed by atoms with van der Waals surface area (Å²) in [6.45, 7) is 0.461. The molecule has 1 aliphatic rings. The van der Waals surface area contributed by atoms with E-state index in [0.717, 1.165) is 5.69 Å². The van der Waals surface area contributed by atoms with E-state index in [1.165, 1.54) is 12.1 Å². The van der Waals surface area contributed by atoms with Crippen LogP contribution in [-0.2, 0) is 14.3 Å². The molecule has 1 atom stereocenters. The molecule has 1 heterocycles. The number of hydrogen-bond donors (Lipinski definition) is 1. The highest BCUT2D eigenvalue weighted by Gasteiger charge is 2.34. The number of carbonyl (C=O) groups excluding carboxylic acids is 2. The molecule has 1 amide bonds. The van der Waals surface area contributed by atoms with E-state index in [1.54, 1.807) is 0 Å². The van der Waals surface area contributed by atoms with Crippen LogP contribution in [0.3, 0.4) is 0 Å². The van der Waals surface area contributed by atoms with E-state index < -0.39 is 0 Å². The van der Waals surface area contributed by atoms with Gasteiger partial charge in [0.2, 0.25) is 5.91 Å². The van der Waals surface area contributed by atoms with Crippen LogP contribution in [0.5, 0.6) is 0 Å². The van der Waals surface area contributed by atoms with Crippen LogP contribution < -0.4 is 10.4 Å². The minimum atomic E-state index is -0.361. The predicted molar refractivity (Wildman–Crippen MR) is 62.1 cm³/mol. The first-order valence-electron chi connectivity index (χ1n) is 5.41. The van der Waals surface area contributed by atoms with Gasteiger partial charge in [-0.25, -0.2) is 10.4 Å². The number of amides is 1. The van der Waals surface area contributed by atoms with Crippen LogP contribution >= 0.6 is 0 Å². The summed E-state index contributed by atoms with van der Waals surface area (Å²) in [5, 5.41) is 1.48. The molecular weight excluding hydrogens is 220 g/mol. The van der Waals surface area contributed by atoms with Crippen molar-refractivity contribution >= 4 is 17.6 Å². The van der Waals surface area contributed by atoms with Crippen molar-refractivity contribution in [2.24, 2.45) is 5.92 Å². The fraction of sp³-hybridized carbons (Fsp3) is 0.333. The molecule has 0 spiro atoms. The molecule has 0 radical (unpaired) electrons. The minimum Gasteiger partial charge on any atom is -0.469 e. The van der Waals surface area contributed by atoms with Gasteiger partial charge >= 0.3 is 5.97 Å². The number of benzene rings is 1. The summed E-state index contributed by atoms with van der Waals surface area (Å²) in [5.41, 5.74) is 3.76. The summed E-state index contributed by atoms with van der Waals surface area (Å²) >= 11 is 0. The van der Waals surface area contributed by atoms with Gasteiger partial charge in [0.1, 0.15) is 0 Å². The highest BCUT2D eigenvalue weighted by molar-refractivity contribution is 5.97. The summed E-state index contributed by atoms with van der Waals surface area (Å²) in [7, 11) is 1.32. The number of nitrogens with zero attached hydrogens (tertiary/aromatic N) is 1. The van der Waals surface area contributed by atoms with Gasteiger partial charge in [0.15, 0.2) is 0 Å². The Morgan fingerprint density at radius 1 is 1.47 bits per heavy atom. The Bertz CT molecular complexity index is 419. The van der Waals surface area contributed by atoms with Gasteiger partial charge in [-0.2, -0.15) is 0 Å². The molecule has 0 unspecified atom stereocenters. The molecule has 0 aromatic heterocycles. The number of ether oxygens (including phenoxy) is 1. The second kappa shape index (κ2) is 4.97. The molecule has 5 nitrogen and oxygen atoms in total. The predicted octanol–water partition coefficient (Wildman–Crippen LogP) is 0.717. The molecule has 0 aliphatic carbocycles. The van der Waals surface area contributed by atoms with Gasteiger partial charge < -0.3 is 4.74 Å². The lowest BCUT2D eigenvalue weighted by molar-refractivity contribution is -0.143. The average Bonchev–Trinajstić information content (AvgIpc) is 2.72. The number of anilines is 1. The largest absolute Gasteiger partial charge is 0.469 e. The molecular formula is C12H14N2O3. The first-order chi connectivity index (χ1) is 8.22. The van der Waals surface area contributed by atoms with E-state index in [-0.39, 0.29) is 24.2 Å². The van der Waals surface area contributed by atoms with Crippen LogP contribution in [0.1, 0.15) is 6.42 Å². The van der Waals surface area contributed by atoms with E-state index in [2.05, 4.69) is 10.2 Å². The van der Waals surface area contributed by atoms with Crippen LogP contribution in [0.4, 0.5) is 5.69 Å². The number of nitrogens with one attached hydrogen (secondary N) is 1. The molecule has 1 aromatic carbocycles. The molecule has 17 heavy (non-hydrogen) atoms. The van der Waals surface area contributed by atoms with Crippen LogP contribution in [0, 0.1) is 5.92 Å². The summed E-state index contributed by atoms with van der Waals surface area (Å²) in [4.78, 5) is 23.1.